The molecule has 0 aliphatic carbocycles. The summed E-state index contributed by atoms with van der Waals surface area (Å²) in [5.41, 5.74) is 0.928. The van der Waals surface area contributed by atoms with E-state index in [-0.39, 0.29) is 23.1 Å². The Hall–Kier alpha value is -1.97. The van der Waals surface area contributed by atoms with Crippen molar-refractivity contribution < 1.29 is 27.5 Å². The van der Waals surface area contributed by atoms with E-state index in [0.717, 1.165) is 5.56 Å². The van der Waals surface area contributed by atoms with Crippen LogP contribution < -0.4 is 4.72 Å². The number of rotatable bonds is 8. The highest BCUT2D eigenvalue weighted by atomic mass is 32.2. The molecule has 0 spiro atoms. The van der Waals surface area contributed by atoms with Crippen LogP contribution in [0.2, 0.25) is 0 Å². The third-order valence-electron chi connectivity index (χ3n) is 4.58. The molecule has 0 unspecified atom stereocenters. The van der Waals surface area contributed by atoms with Crippen molar-refractivity contribution in [3.05, 3.63) is 29.8 Å². The van der Waals surface area contributed by atoms with Crippen molar-refractivity contribution in [3.8, 4) is 0 Å². The van der Waals surface area contributed by atoms with Crippen LogP contribution in [0.5, 0.6) is 0 Å². The lowest BCUT2D eigenvalue weighted by molar-refractivity contribution is -0.162. The van der Waals surface area contributed by atoms with Crippen LogP contribution in [0, 0.1) is 12.8 Å². The number of morpholine rings is 1. The molecule has 2 atom stereocenters. The van der Waals surface area contributed by atoms with Gasteiger partial charge in [-0.1, -0.05) is 31.5 Å². The van der Waals surface area contributed by atoms with Gasteiger partial charge < -0.3 is 14.4 Å². The Kier molecular flexibility index (Phi) is 8.18. The number of carbonyl (C=O) groups is 2. The number of nitrogens with zero attached hydrogens (tertiary/aromatic N) is 1. The molecule has 0 bridgehead atoms. The van der Waals surface area contributed by atoms with Crippen molar-refractivity contribution in [3.63, 3.8) is 0 Å². The molecule has 1 aromatic carbocycles. The number of carbonyl (C=O) groups excluding carboxylic acids is 2. The molecule has 9 heteroatoms. The second kappa shape index (κ2) is 10.2. The molecule has 1 N–H and O–H groups in total. The first-order valence-corrected chi connectivity index (χ1v) is 11.2. The van der Waals surface area contributed by atoms with E-state index in [9.17, 15) is 18.0 Å². The van der Waals surface area contributed by atoms with Crippen molar-refractivity contribution in [2.24, 2.45) is 5.92 Å². The molecule has 1 fully saturated rings. The van der Waals surface area contributed by atoms with Crippen molar-refractivity contribution in [1.29, 1.82) is 0 Å². The molecule has 8 nitrogen and oxygen atoms in total. The topological polar surface area (TPSA) is 102 Å². The van der Waals surface area contributed by atoms with E-state index in [0.29, 0.717) is 26.3 Å². The Morgan fingerprint density at radius 3 is 2.28 bits per heavy atom. The number of esters is 1. The number of aryl methyl sites for hydroxylation is 1. The van der Waals surface area contributed by atoms with Crippen LogP contribution in [-0.4, -0.2) is 63.6 Å². The monoisotopic (exact) mass is 426 g/mol. The molecular formula is C20H30N2O6S. The molecule has 0 saturated carbocycles. The van der Waals surface area contributed by atoms with Crippen LogP contribution >= 0.6 is 0 Å². The fraction of sp³-hybridized carbons (Fsp3) is 0.600. The molecule has 2 rings (SSSR count). The molecule has 0 radical (unpaired) electrons. The highest BCUT2D eigenvalue weighted by Gasteiger charge is 2.31. The molecular weight excluding hydrogens is 396 g/mol. The predicted molar refractivity (Wildman–Crippen MR) is 108 cm³/mol. The van der Waals surface area contributed by atoms with E-state index in [1.165, 1.54) is 19.1 Å². The standard InChI is InChI=1S/C20H30N2O6S/c1-14(2)13-18(21-29(25,26)17-7-5-15(3)6-8-17)20(24)28-16(4)19(23)22-9-11-27-12-10-22/h5-8,14,16,18,21H,9-13H2,1-4H3/t16-,18-/m1/s1. The van der Waals surface area contributed by atoms with Gasteiger partial charge in [-0.3, -0.25) is 9.59 Å². The number of ether oxygens (including phenoxy) is 2. The zero-order valence-corrected chi connectivity index (χ0v) is 18.2. The summed E-state index contributed by atoms with van der Waals surface area (Å²) < 4.78 is 38.4. The first-order chi connectivity index (χ1) is 13.6. The lowest BCUT2D eigenvalue weighted by Crippen LogP contribution is -2.48. The molecule has 1 heterocycles. The van der Waals surface area contributed by atoms with Gasteiger partial charge in [0.1, 0.15) is 6.04 Å². The Labute approximate surface area is 172 Å². The maximum absolute atomic E-state index is 12.7. The van der Waals surface area contributed by atoms with Gasteiger partial charge in [0.25, 0.3) is 5.91 Å². The van der Waals surface area contributed by atoms with E-state index >= 15 is 0 Å². The van der Waals surface area contributed by atoms with Crippen LogP contribution in [0.1, 0.15) is 32.8 Å². The summed E-state index contributed by atoms with van der Waals surface area (Å²) in [4.78, 5) is 26.8. The Morgan fingerprint density at radius 2 is 1.72 bits per heavy atom. The smallest absolute Gasteiger partial charge is 0.324 e. The van der Waals surface area contributed by atoms with Crippen molar-refractivity contribution in [1.82, 2.24) is 9.62 Å². The maximum Gasteiger partial charge on any atom is 0.324 e. The van der Waals surface area contributed by atoms with Crippen molar-refractivity contribution in [2.45, 2.75) is 51.2 Å². The van der Waals surface area contributed by atoms with E-state index in [1.807, 2.05) is 20.8 Å². The third-order valence-corrected chi connectivity index (χ3v) is 6.07. The molecule has 1 saturated heterocycles. The van der Waals surface area contributed by atoms with E-state index in [2.05, 4.69) is 4.72 Å². The molecule has 162 valence electrons. The van der Waals surface area contributed by atoms with Crippen molar-refractivity contribution >= 4 is 21.9 Å². The lowest BCUT2D eigenvalue weighted by atomic mass is 10.0. The highest BCUT2D eigenvalue weighted by Crippen LogP contribution is 2.15. The Morgan fingerprint density at radius 1 is 1.14 bits per heavy atom. The van der Waals surface area contributed by atoms with Gasteiger partial charge in [-0.15, -0.1) is 0 Å². The van der Waals surface area contributed by atoms with Gasteiger partial charge in [-0.25, -0.2) is 8.42 Å². The molecule has 1 aromatic rings. The quantitative estimate of drug-likeness (QED) is 0.632. The predicted octanol–water partition coefficient (Wildman–Crippen LogP) is 1.48. The summed E-state index contributed by atoms with van der Waals surface area (Å²) in [5, 5.41) is 0. The lowest BCUT2D eigenvalue weighted by Gasteiger charge is -2.29. The molecule has 1 aliphatic rings. The van der Waals surface area contributed by atoms with E-state index in [4.69, 9.17) is 9.47 Å². The summed E-state index contributed by atoms with van der Waals surface area (Å²) in [6.45, 7) is 8.88. The van der Waals surface area contributed by atoms with Crippen LogP contribution in [0.4, 0.5) is 0 Å². The summed E-state index contributed by atoms with van der Waals surface area (Å²) in [6.07, 6.45) is -0.748. The van der Waals surface area contributed by atoms with Gasteiger partial charge in [0.15, 0.2) is 6.10 Å². The zero-order valence-electron chi connectivity index (χ0n) is 17.4. The average molecular weight is 427 g/mol. The minimum Gasteiger partial charge on any atom is -0.451 e. The minimum absolute atomic E-state index is 0.0403. The summed E-state index contributed by atoms with van der Waals surface area (Å²) in [5.74, 6) is -1.03. The highest BCUT2D eigenvalue weighted by molar-refractivity contribution is 7.89. The van der Waals surface area contributed by atoms with Crippen LogP contribution in [0.25, 0.3) is 0 Å². The van der Waals surface area contributed by atoms with Gasteiger partial charge in [-0.2, -0.15) is 4.72 Å². The second-order valence-corrected chi connectivity index (χ2v) is 9.35. The molecule has 1 amide bonds. The van der Waals surface area contributed by atoms with Gasteiger partial charge >= 0.3 is 5.97 Å². The number of amides is 1. The number of hydrogen-bond acceptors (Lipinski definition) is 6. The Bertz CT molecular complexity index is 801. The fourth-order valence-electron chi connectivity index (χ4n) is 2.98. The third kappa shape index (κ3) is 6.80. The van der Waals surface area contributed by atoms with Crippen LogP contribution in [0.15, 0.2) is 29.2 Å². The van der Waals surface area contributed by atoms with Gasteiger partial charge in [-0.05, 0) is 38.3 Å². The van der Waals surface area contributed by atoms with Crippen LogP contribution in [0.3, 0.4) is 0 Å². The first-order valence-electron chi connectivity index (χ1n) is 9.76. The SMILES string of the molecule is Cc1ccc(S(=O)(=O)N[C@H](CC(C)C)C(=O)O[C@H](C)C(=O)N2CCOCC2)cc1. The Balaban J connectivity index is 2.08. The maximum atomic E-state index is 12.7. The number of nitrogens with one attached hydrogen (secondary N) is 1. The zero-order chi connectivity index (χ0) is 21.6. The molecule has 1 aliphatic heterocycles. The molecule has 0 aromatic heterocycles. The number of benzene rings is 1. The van der Waals surface area contributed by atoms with Gasteiger partial charge in [0.05, 0.1) is 18.1 Å². The van der Waals surface area contributed by atoms with E-state index < -0.39 is 28.1 Å². The van der Waals surface area contributed by atoms with Gasteiger partial charge in [0.2, 0.25) is 10.0 Å². The summed E-state index contributed by atoms with van der Waals surface area (Å²) in [6, 6.07) is 5.27. The van der Waals surface area contributed by atoms with Crippen molar-refractivity contribution in [2.75, 3.05) is 26.3 Å². The first kappa shape index (κ1) is 23.3. The number of hydrogen-bond donors (Lipinski definition) is 1. The van der Waals surface area contributed by atoms with Gasteiger partial charge in [0, 0.05) is 13.1 Å². The largest absolute Gasteiger partial charge is 0.451 e. The summed E-state index contributed by atoms with van der Waals surface area (Å²) in [7, 11) is -3.91. The summed E-state index contributed by atoms with van der Waals surface area (Å²) >= 11 is 0. The normalized spacial score (nSPS) is 17.1. The van der Waals surface area contributed by atoms with E-state index in [1.54, 1.807) is 17.0 Å². The minimum atomic E-state index is -3.91. The second-order valence-electron chi connectivity index (χ2n) is 7.63. The average Bonchev–Trinajstić information content (AvgIpc) is 2.67. The fourth-order valence-corrected chi connectivity index (χ4v) is 4.18. The molecule has 29 heavy (non-hydrogen) atoms. The van der Waals surface area contributed by atoms with Crippen LogP contribution in [-0.2, 0) is 29.1 Å². The number of sulfonamides is 1.